The summed E-state index contributed by atoms with van der Waals surface area (Å²) in [5.41, 5.74) is 0.295. The Balaban J connectivity index is 3.33. The lowest BCUT2D eigenvalue weighted by Gasteiger charge is -2.01. The van der Waals surface area contributed by atoms with Crippen LogP contribution in [-0.4, -0.2) is 5.78 Å². The van der Waals surface area contributed by atoms with Crippen molar-refractivity contribution < 1.29 is 9.18 Å². The first-order valence-electron chi connectivity index (χ1n) is 3.21. The lowest BCUT2D eigenvalue weighted by Crippen LogP contribution is -1.94. The zero-order valence-electron chi connectivity index (χ0n) is 6.27. The standard InChI is InChI=1S/C8H6ClFOS/c1-4(11)5-2-8(12)7(10)3-6(5)9/h2-3,12H,1H3. The molecule has 64 valence electrons. The first-order chi connectivity index (χ1) is 5.52. The number of carbonyl (C=O) groups excluding carboxylic acids is 1. The molecular weight excluding hydrogens is 199 g/mol. The third kappa shape index (κ3) is 1.79. The van der Waals surface area contributed by atoms with Crippen molar-refractivity contribution in [3.8, 4) is 0 Å². The highest BCUT2D eigenvalue weighted by atomic mass is 35.5. The summed E-state index contributed by atoms with van der Waals surface area (Å²) in [7, 11) is 0. The van der Waals surface area contributed by atoms with Gasteiger partial charge in [0.1, 0.15) is 5.82 Å². The summed E-state index contributed by atoms with van der Waals surface area (Å²) in [6.07, 6.45) is 0. The Bertz CT molecular complexity index is 338. The number of hydrogen-bond acceptors (Lipinski definition) is 2. The average molecular weight is 205 g/mol. The molecule has 0 saturated heterocycles. The van der Waals surface area contributed by atoms with Gasteiger partial charge in [-0.3, -0.25) is 4.79 Å². The molecule has 0 saturated carbocycles. The molecule has 0 fully saturated rings. The number of benzene rings is 1. The van der Waals surface area contributed by atoms with Crippen molar-refractivity contribution in [1.29, 1.82) is 0 Å². The highest BCUT2D eigenvalue weighted by molar-refractivity contribution is 7.80. The van der Waals surface area contributed by atoms with Gasteiger partial charge >= 0.3 is 0 Å². The minimum absolute atomic E-state index is 0.123. The second-order valence-electron chi connectivity index (χ2n) is 2.34. The molecule has 1 aromatic rings. The molecule has 0 unspecified atom stereocenters. The van der Waals surface area contributed by atoms with Gasteiger partial charge in [-0.15, -0.1) is 12.6 Å². The van der Waals surface area contributed by atoms with Crippen LogP contribution in [0.5, 0.6) is 0 Å². The number of rotatable bonds is 1. The molecule has 0 bridgehead atoms. The molecule has 0 aromatic heterocycles. The van der Waals surface area contributed by atoms with E-state index in [2.05, 4.69) is 12.6 Å². The quantitative estimate of drug-likeness (QED) is 0.550. The van der Waals surface area contributed by atoms with Gasteiger partial charge in [0.25, 0.3) is 0 Å². The Morgan fingerprint density at radius 1 is 1.58 bits per heavy atom. The van der Waals surface area contributed by atoms with Crippen molar-refractivity contribution in [1.82, 2.24) is 0 Å². The SMILES string of the molecule is CC(=O)c1cc(S)c(F)cc1Cl. The molecule has 0 amide bonds. The highest BCUT2D eigenvalue weighted by Crippen LogP contribution is 2.23. The first kappa shape index (κ1) is 9.55. The van der Waals surface area contributed by atoms with Crippen LogP contribution in [0, 0.1) is 5.82 Å². The van der Waals surface area contributed by atoms with Crippen molar-refractivity contribution in [2.24, 2.45) is 0 Å². The van der Waals surface area contributed by atoms with Crippen LogP contribution in [0.4, 0.5) is 4.39 Å². The fourth-order valence-corrected chi connectivity index (χ4v) is 1.28. The topological polar surface area (TPSA) is 17.1 Å². The maximum atomic E-state index is 12.8. The van der Waals surface area contributed by atoms with Gasteiger partial charge in [-0.05, 0) is 19.1 Å². The lowest BCUT2D eigenvalue weighted by molar-refractivity contribution is 0.101. The third-order valence-electron chi connectivity index (χ3n) is 1.42. The Morgan fingerprint density at radius 3 is 2.67 bits per heavy atom. The minimum Gasteiger partial charge on any atom is -0.294 e. The first-order valence-corrected chi connectivity index (χ1v) is 4.04. The molecule has 0 aliphatic heterocycles. The van der Waals surface area contributed by atoms with Crippen LogP contribution >= 0.6 is 24.2 Å². The number of Topliss-reactive ketones (excluding diaryl/α,β-unsaturated/α-hetero) is 1. The normalized spacial score (nSPS) is 10.0. The van der Waals surface area contributed by atoms with Crippen molar-refractivity contribution in [2.75, 3.05) is 0 Å². The van der Waals surface area contributed by atoms with E-state index < -0.39 is 5.82 Å². The van der Waals surface area contributed by atoms with Crippen LogP contribution in [0.15, 0.2) is 17.0 Å². The second-order valence-corrected chi connectivity index (χ2v) is 3.23. The summed E-state index contributed by atoms with van der Waals surface area (Å²) >= 11 is 9.43. The molecule has 0 radical (unpaired) electrons. The number of carbonyl (C=O) groups is 1. The van der Waals surface area contributed by atoms with Gasteiger partial charge in [0.2, 0.25) is 0 Å². The van der Waals surface area contributed by atoms with E-state index in [0.29, 0.717) is 5.56 Å². The number of ketones is 1. The number of thiol groups is 1. The Labute approximate surface area is 79.9 Å². The molecular formula is C8H6ClFOS. The zero-order chi connectivity index (χ0) is 9.30. The molecule has 4 heteroatoms. The van der Waals surface area contributed by atoms with E-state index in [0.717, 1.165) is 6.07 Å². The summed E-state index contributed by atoms with van der Waals surface area (Å²) < 4.78 is 12.8. The monoisotopic (exact) mass is 204 g/mol. The lowest BCUT2D eigenvalue weighted by atomic mass is 10.1. The Morgan fingerprint density at radius 2 is 2.17 bits per heavy atom. The smallest absolute Gasteiger partial charge is 0.161 e. The average Bonchev–Trinajstić information content (AvgIpc) is 1.96. The molecule has 0 spiro atoms. The minimum atomic E-state index is -0.520. The summed E-state index contributed by atoms with van der Waals surface area (Å²) in [4.78, 5) is 11.0. The molecule has 0 N–H and O–H groups in total. The third-order valence-corrected chi connectivity index (χ3v) is 2.07. The van der Waals surface area contributed by atoms with Crippen LogP contribution in [0.25, 0.3) is 0 Å². The van der Waals surface area contributed by atoms with E-state index in [1.54, 1.807) is 0 Å². The molecule has 0 aliphatic rings. The van der Waals surface area contributed by atoms with Crippen LogP contribution in [0.2, 0.25) is 5.02 Å². The maximum absolute atomic E-state index is 12.8. The van der Waals surface area contributed by atoms with E-state index in [-0.39, 0.29) is 15.7 Å². The van der Waals surface area contributed by atoms with Crippen LogP contribution < -0.4 is 0 Å². The predicted octanol–water partition coefficient (Wildman–Crippen LogP) is 2.97. The predicted molar refractivity (Wildman–Crippen MR) is 48.7 cm³/mol. The van der Waals surface area contributed by atoms with Crippen LogP contribution in [0.3, 0.4) is 0 Å². The summed E-state index contributed by atoms with van der Waals surface area (Å²) in [6.45, 7) is 1.37. The van der Waals surface area contributed by atoms with Crippen molar-refractivity contribution in [2.45, 2.75) is 11.8 Å². The molecule has 1 nitrogen and oxygen atoms in total. The summed E-state index contributed by atoms with van der Waals surface area (Å²) in [6, 6.07) is 2.41. The Kier molecular flexibility index (Phi) is 2.75. The number of halogens is 2. The van der Waals surface area contributed by atoms with E-state index >= 15 is 0 Å². The molecule has 12 heavy (non-hydrogen) atoms. The van der Waals surface area contributed by atoms with E-state index in [1.807, 2.05) is 0 Å². The van der Waals surface area contributed by atoms with E-state index in [9.17, 15) is 9.18 Å². The van der Waals surface area contributed by atoms with Crippen LogP contribution in [-0.2, 0) is 0 Å². The van der Waals surface area contributed by atoms with Gasteiger partial charge < -0.3 is 0 Å². The Hall–Kier alpha value is -0.540. The van der Waals surface area contributed by atoms with Gasteiger partial charge in [-0.2, -0.15) is 0 Å². The highest BCUT2D eigenvalue weighted by Gasteiger charge is 2.09. The molecule has 1 rings (SSSR count). The summed E-state index contributed by atoms with van der Waals surface area (Å²) in [5.74, 6) is -0.719. The molecule has 0 atom stereocenters. The largest absolute Gasteiger partial charge is 0.294 e. The zero-order valence-corrected chi connectivity index (χ0v) is 7.92. The second kappa shape index (κ2) is 3.46. The molecule has 1 aromatic carbocycles. The maximum Gasteiger partial charge on any atom is 0.161 e. The molecule has 0 aliphatic carbocycles. The number of hydrogen-bond donors (Lipinski definition) is 1. The van der Waals surface area contributed by atoms with Gasteiger partial charge in [0.05, 0.1) is 5.02 Å². The van der Waals surface area contributed by atoms with Crippen LogP contribution in [0.1, 0.15) is 17.3 Å². The van der Waals surface area contributed by atoms with Gasteiger partial charge in [-0.25, -0.2) is 4.39 Å². The fraction of sp³-hybridized carbons (Fsp3) is 0.125. The van der Waals surface area contributed by atoms with Crippen molar-refractivity contribution >= 4 is 30.0 Å². The van der Waals surface area contributed by atoms with Crippen molar-refractivity contribution in [3.05, 3.63) is 28.5 Å². The van der Waals surface area contributed by atoms with Gasteiger partial charge in [-0.1, -0.05) is 11.6 Å². The van der Waals surface area contributed by atoms with Gasteiger partial charge in [0.15, 0.2) is 5.78 Å². The molecule has 0 heterocycles. The fourth-order valence-electron chi connectivity index (χ4n) is 0.807. The summed E-state index contributed by atoms with van der Waals surface area (Å²) in [5, 5.41) is 0.123. The van der Waals surface area contributed by atoms with Crippen molar-refractivity contribution in [3.63, 3.8) is 0 Å². The van der Waals surface area contributed by atoms with E-state index in [1.165, 1.54) is 13.0 Å². The van der Waals surface area contributed by atoms with E-state index in [4.69, 9.17) is 11.6 Å². The van der Waals surface area contributed by atoms with Gasteiger partial charge in [0, 0.05) is 10.5 Å².